The lowest BCUT2D eigenvalue weighted by Crippen LogP contribution is -2.21. The van der Waals surface area contributed by atoms with Crippen LogP contribution in [0.2, 0.25) is 10.0 Å². The summed E-state index contributed by atoms with van der Waals surface area (Å²) in [7, 11) is 2.79. The van der Waals surface area contributed by atoms with Crippen molar-refractivity contribution >= 4 is 40.8 Å². The lowest BCUT2D eigenvalue weighted by atomic mass is 10.2. The second-order valence-corrected chi connectivity index (χ2v) is 5.79. The second-order valence-electron chi connectivity index (χ2n) is 4.94. The Morgan fingerprint density at radius 3 is 2.46 bits per heavy atom. The van der Waals surface area contributed by atoms with Crippen LogP contribution in [0, 0.1) is 5.82 Å². The van der Waals surface area contributed by atoms with Crippen molar-refractivity contribution in [1.29, 1.82) is 0 Å². The van der Waals surface area contributed by atoms with Crippen molar-refractivity contribution in [3.63, 3.8) is 0 Å². The largest absolute Gasteiger partial charge is 0.493 e. The zero-order chi connectivity index (χ0) is 19.3. The van der Waals surface area contributed by atoms with Crippen LogP contribution in [0.4, 0.5) is 10.1 Å². The number of esters is 1. The van der Waals surface area contributed by atoms with Gasteiger partial charge in [-0.1, -0.05) is 23.2 Å². The monoisotopic (exact) mass is 401 g/mol. The lowest BCUT2D eigenvalue weighted by molar-refractivity contribution is -0.119. The van der Waals surface area contributed by atoms with Crippen molar-refractivity contribution < 1.29 is 28.2 Å². The average Bonchev–Trinajstić information content (AvgIpc) is 2.61. The number of hydrogen-bond donors (Lipinski definition) is 1. The van der Waals surface area contributed by atoms with Gasteiger partial charge < -0.3 is 19.5 Å². The van der Waals surface area contributed by atoms with Gasteiger partial charge in [-0.25, -0.2) is 9.18 Å². The number of amides is 1. The standard InChI is InChI=1S/C17H14Cl2FNO5/c1-24-14-6-9(5-11(19)16(14)25-2)17(23)26-8-15(22)21-13-4-3-10(18)7-12(13)20/h3-7H,8H2,1-2H3,(H,21,22). The quantitative estimate of drug-likeness (QED) is 0.741. The molecule has 2 aromatic carbocycles. The molecule has 2 aromatic rings. The highest BCUT2D eigenvalue weighted by Crippen LogP contribution is 2.36. The summed E-state index contributed by atoms with van der Waals surface area (Å²) in [4.78, 5) is 23.9. The SMILES string of the molecule is COc1cc(C(=O)OCC(=O)Nc2ccc(Cl)cc2F)cc(Cl)c1OC. The molecule has 0 saturated heterocycles. The van der Waals surface area contributed by atoms with Crippen molar-refractivity contribution in [1.82, 2.24) is 0 Å². The Hall–Kier alpha value is -2.51. The maximum Gasteiger partial charge on any atom is 0.338 e. The molecule has 1 amide bonds. The molecular formula is C17H14Cl2FNO5. The topological polar surface area (TPSA) is 73.9 Å². The number of anilines is 1. The van der Waals surface area contributed by atoms with E-state index < -0.39 is 24.3 Å². The zero-order valence-corrected chi connectivity index (χ0v) is 15.3. The Morgan fingerprint density at radius 2 is 1.85 bits per heavy atom. The van der Waals surface area contributed by atoms with Crippen LogP contribution in [0.3, 0.4) is 0 Å². The van der Waals surface area contributed by atoms with E-state index in [2.05, 4.69) is 5.32 Å². The molecule has 0 radical (unpaired) electrons. The minimum Gasteiger partial charge on any atom is -0.493 e. The minimum absolute atomic E-state index is 0.0677. The Labute approximate surface area is 158 Å². The van der Waals surface area contributed by atoms with Crippen LogP contribution in [0.25, 0.3) is 0 Å². The average molecular weight is 402 g/mol. The van der Waals surface area contributed by atoms with Gasteiger partial charge in [0.15, 0.2) is 18.1 Å². The first-order valence-electron chi connectivity index (χ1n) is 7.19. The number of nitrogens with one attached hydrogen (secondary N) is 1. The Kier molecular flexibility index (Phi) is 6.65. The Bertz CT molecular complexity index is 844. The summed E-state index contributed by atoms with van der Waals surface area (Å²) in [5, 5.41) is 2.61. The van der Waals surface area contributed by atoms with Crippen LogP contribution in [0.1, 0.15) is 10.4 Å². The van der Waals surface area contributed by atoms with Gasteiger partial charge in [-0.15, -0.1) is 0 Å². The van der Waals surface area contributed by atoms with E-state index in [0.717, 1.165) is 6.07 Å². The fraction of sp³-hybridized carbons (Fsp3) is 0.176. The highest BCUT2D eigenvalue weighted by atomic mass is 35.5. The van der Waals surface area contributed by atoms with E-state index >= 15 is 0 Å². The van der Waals surface area contributed by atoms with Crippen molar-refractivity contribution in [2.45, 2.75) is 0 Å². The molecule has 0 aliphatic heterocycles. The molecule has 0 saturated carbocycles. The summed E-state index contributed by atoms with van der Waals surface area (Å²) in [6, 6.07) is 6.45. The van der Waals surface area contributed by atoms with Crippen molar-refractivity contribution in [2.24, 2.45) is 0 Å². The van der Waals surface area contributed by atoms with Gasteiger partial charge >= 0.3 is 5.97 Å². The van der Waals surface area contributed by atoms with E-state index in [4.69, 9.17) is 37.4 Å². The van der Waals surface area contributed by atoms with E-state index in [9.17, 15) is 14.0 Å². The number of rotatable bonds is 6. The van der Waals surface area contributed by atoms with E-state index in [-0.39, 0.29) is 32.8 Å². The molecule has 138 valence electrons. The highest BCUT2D eigenvalue weighted by Gasteiger charge is 2.17. The predicted molar refractivity (Wildman–Crippen MR) is 94.9 cm³/mol. The van der Waals surface area contributed by atoms with Gasteiger partial charge in [0.25, 0.3) is 5.91 Å². The van der Waals surface area contributed by atoms with Crippen molar-refractivity contribution in [3.8, 4) is 11.5 Å². The molecular weight excluding hydrogens is 388 g/mol. The van der Waals surface area contributed by atoms with Gasteiger partial charge in [0.05, 0.1) is 30.5 Å². The lowest BCUT2D eigenvalue weighted by Gasteiger charge is -2.12. The molecule has 1 N–H and O–H groups in total. The Morgan fingerprint density at radius 1 is 1.12 bits per heavy atom. The highest BCUT2D eigenvalue weighted by molar-refractivity contribution is 6.32. The summed E-state index contributed by atoms with van der Waals surface area (Å²) in [6.07, 6.45) is 0. The molecule has 0 heterocycles. The van der Waals surface area contributed by atoms with Gasteiger partial charge in [0.1, 0.15) is 5.82 Å². The fourth-order valence-corrected chi connectivity index (χ4v) is 2.47. The van der Waals surface area contributed by atoms with E-state index in [1.54, 1.807) is 0 Å². The molecule has 26 heavy (non-hydrogen) atoms. The second kappa shape index (κ2) is 8.73. The van der Waals surface area contributed by atoms with Crippen LogP contribution in [0.5, 0.6) is 11.5 Å². The van der Waals surface area contributed by atoms with Crippen LogP contribution in [0.15, 0.2) is 30.3 Å². The van der Waals surface area contributed by atoms with E-state index in [0.29, 0.717) is 0 Å². The summed E-state index contributed by atoms with van der Waals surface area (Å²) in [5.41, 5.74) is -0.0114. The molecule has 0 aliphatic rings. The van der Waals surface area contributed by atoms with Crippen LogP contribution >= 0.6 is 23.2 Å². The maximum absolute atomic E-state index is 13.6. The zero-order valence-electron chi connectivity index (χ0n) is 13.8. The summed E-state index contributed by atoms with van der Waals surface area (Å²) in [5.74, 6) is -1.73. The maximum atomic E-state index is 13.6. The number of hydrogen-bond acceptors (Lipinski definition) is 5. The molecule has 9 heteroatoms. The van der Waals surface area contributed by atoms with Gasteiger partial charge in [-0.05, 0) is 30.3 Å². The molecule has 2 rings (SSSR count). The van der Waals surface area contributed by atoms with Crippen LogP contribution < -0.4 is 14.8 Å². The third-order valence-electron chi connectivity index (χ3n) is 3.21. The molecule has 0 aliphatic carbocycles. The smallest absolute Gasteiger partial charge is 0.338 e. The van der Waals surface area contributed by atoms with Gasteiger partial charge in [0, 0.05) is 5.02 Å². The first kappa shape index (κ1) is 19.8. The normalized spacial score (nSPS) is 10.2. The van der Waals surface area contributed by atoms with E-state index in [1.165, 1.54) is 38.5 Å². The van der Waals surface area contributed by atoms with Gasteiger partial charge in [0.2, 0.25) is 0 Å². The van der Waals surface area contributed by atoms with Crippen molar-refractivity contribution in [2.75, 3.05) is 26.1 Å². The third kappa shape index (κ3) is 4.77. The van der Waals surface area contributed by atoms with E-state index in [1.807, 2.05) is 0 Å². The van der Waals surface area contributed by atoms with Gasteiger partial charge in [-0.2, -0.15) is 0 Å². The number of carbonyl (C=O) groups excluding carboxylic acids is 2. The first-order valence-corrected chi connectivity index (χ1v) is 7.94. The summed E-state index contributed by atoms with van der Waals surface area (Å²) < 4.78 is 28.7. The number of halogens is 3. The first-order chi connectivity index (χ1) is 12.3. The summed E-state index contributed by atoms with van der Waals surface area (Å²) >= 11 is 11.6. The fourth-order valence-electron chi connectivity index (χ4n) is 2.03. The molecule has 6 nitrogen and oxygen atoms in total. The van der Waals surface area contributed by atoms with Crippen LogP contribution in [-0.4, -0.2) is 32.7 Å². The van der Waals surface area contributed by atoms with Crippen LogP contribution in [-0.2, 0) is 9.53 Å². The number of methoxy groups -OCH3 is 2. The Balaban J connectivity index is 2.02. The molecule has 0 fully saturated rings. The molecule has 0 aromatic heterocycles. The predicted octanol–water partition coefficient (Wildman–Crippen LogP) is 3.95. The number of benzene rings is 2. The molecule has 0 bridgehead atoms. The van der Waals surface area contributed by atoms with Crippen molar-refractivity contribution in [3.05, 3.63) is 51.8 Å². The summed E-state index contributed by atoms with van der Waals surface area (Å²) in [6.45, 7) is -0.618. The third-order valence-corrected chi connectivity index (χ3v) is 3.72. The molecule has 0 unspecified atom stereocenters. The minimum atomic E-state index is -0.806. The number of carbonyl (C=O) groups is 2. The number of ether oxygens (including phenoxy) is 3. The molecule has 0 spiro atoms. The van der Waals surface area contributed by atoms with Gasteiger partial charge in [-0.3, -0.25) is 4.79 Å². The molecule has 0 atom stereocenters.